The number of hydrogen-bond donors (Lipinski definition) is 1. The third-order valence-corrected chi connectivity index (χ3v) is 3.37. The molecule has 1 aromatic carbocycles. The Morgan fingerprint density at radius 2 is 1.85 bits per heavy atom. The van der Waals surface area contributed by atoms with Gasteiger partial charge < -0.3 is 19.5 Å². The van der Waals surface area contributed by atoms with E-state index in [1.165, 1.54) is 13.1 Å². The van der Waals surface area contributed by atoms with Crippen LogP contribution in [-0.2, 0) is 14.3 Å². The van der Waals surface area contributed by atoms with Gasteiger partial charge in [0.25, 0.3) is 5.91 Å². The van der Waals surface area contributed by atoms with Crippen molar-refractivity contribution < 1.29 is 23.8 Å². The summed E-state index contributed by atoms with van der Waals surface area (Å²) < 4.78 is 15.9. The lowest BCUT2D eigenvalue weighted by Crippen LogP contribution is -2.31. The molecule has 0 saturated carbocycles. The van der Waals surface area contributed by atoms with E-state index in [4.69, 9.17) is 25.8 Å². The number of benzene rings is 1. The third kappa shape index (κ3) is 5.93. The lowest BCUT2D eigenvalue weighted by Gasteiger charge is -2.14. The molecule has 26 heavy (non-hydrogen) atoms. The minimum absolute atomic E-state index is 0.309. The predicted molar refractivity (Wildman–Crippen MR) is 96.5 cm³/mol. The summed E-state index contributed by atoms with van der Waals surface area (Å²) in [6, 6.07) is 10.1. The Labute approximate surface area is 156 Å². The monoisotopic (exact) mass is 378 g/mol. The van der Waals surface area contributed by atoms with Crippen LogP contribution in [0.2, 0.25) is 5.02 Å². The van der Waals surface area contributed by atoms with E-state index in [0.29, 0.717) is 28.9 Å². The first-order valence-corrected chi connectivity index (χ1v) is 8.34. The van der Waals surface area contributed by atoms with Crippen LogP contribution in [-0.4, -0.2) is 36.2 Å². The maximum atomic E-state index is 12.0. The number of esters is 1. The molecule has 0 saturated heterocycles. The van der Waals surface area contributed by atoms with Crippen molar-refractivity contribution in [3.8, 4) is 11.5 Å². The number of ether oxygens (including phenoxy) is 3. The zero-order chi connectivity index (χ0) is 18.9. The van der Waals surface area contributed by atoms with Gasteiger partial charge in [-0.2, -0.15) is 0 Å². The van der Waals surface area contributed by atoms with Crippen molar-refractivity contribution in [3.63, 3.8) is 0 Å². The summed E-state index contributed by atoms with van der Waals surface area (Å²) in [4.78, 5) is 27.9. The molecular formula is C18H19ClN2O5. The largest absolute Gasteiger partial charge is 0.490 e. The van der Waals surface area contributed by atoms with Crippen LogP contribution in [0.1, 0.15) is 13.8 Å². The molecule has 2 rings (SSSR count). The number of anilines is 1. The Bertz CT molecular complexity index is 752. The molecule has 0 aliphatic heterocycles. The van der Waals surface area contributed by atoms with E-state index in [-0.39, 0.29) is 6.61 Å². The molecule has 1 atom stereocenters. The molecule has 7 nitrogen and oxygen atoms in total. The van der Waals surface area contributed by atoms with Crippen LogP contribution in [0, 0.1) is 0 Å². The van der Waals surface area contributed by atoms with E-state index in [0.717, 1.165) is 0 Å². The molecule has 1 heterocycles. The van der Waals surface area contributed by atoms with Gasteiger partial charge in [0.2, 0.25) is 0 Å². The van der Waals surface area contributed by atoms with Crippen LogP contribution in [0.25, 0.3) is 0 Å². The normalized spacial score (nSPS) is 11.3. The van der Waals surface area contributed by atoms with Crippen LogP contribution >= 0.6 is 11.6 Å². The van der Waals surface area contributed by atoms with Crippen LogP contribution in [0.5, 0.6) is 11.5 Å². The molecule has 0 aliphatic carbocycles. The molecule has 0 spiro atoms. The highest BCUT2D eigenvalue weighted by atomic mass is 35.5. The number of nitrogens with zero attached hydrogens (tertiary/aromatic N) is 1. The fourth-order valence-electron chi connectivity index (χ4n) is 1.94. The summed E-state index contributed by atoms with van der Waals surface area (Å²) in [5.74, 6) is 0.0752. The predicted octanol–water partition coefficient (Wildman–Crippen LogP) is 3.08. The van der Waals surface area contributed by atoms with Gasteiger partial charge in [0.1, 0.15) is 5.82 Å². The molecule has 2 aromatic rings. The van der Waals surface area contributed by atoms with Gasteiger partial charge in [-0.3, -0.25) is 4.79 Å². The number of amides is 1. The third-order valence-electron chi connectivity index (χ3n) is 3.15. The smallest absolute Gasteiger partial charge is 0.344 e. The molecular weight excluding hydrogens is 360 g/mol. The Hall–Kier alpha value is -2.80. The maximum absolute atomic E-state index is 12.0. The first-order chi connectivity index (χ1) is 12.5. The molecule has 0 unspecified atom stereocenters. The minimum Gasteiger partial charge on any atom is -0.490 e. The van der Waals surface area contributed by atoms with Crippen LogP contribution < -0.4 is 14.8 Å². The standard InChI is InChI=1S/C18H19ClN2O5/c1-3-24-14-6-4-5-7-15(14)25-11-17(22)26-12(2)18(23)21-16-9-8-13(19)10-20-16/h4-10,12H,3,11H2,1-2H3,(H,20,21,23)/t12-/m0/s1. The van der Waals surface area contributed by atoms with Gasteiger partial charge in [0.15, 0.2) is 24.2 Å². The van der Waals surface area contributed by atoms with Gasteiger partial charge in [-0.25, -0.2) is 9.78 Å². The summed E-state index contributed by atoms with van der Waals surface area (Å²) in [5, 5.41) is 2.98. The molecule has 1 amide bonds. The Kier molecular flexibility index (Phi) is 7.23. The number of carbonyl (C=O) groups excluding carboxylic acids is 2. The highest BCUT2D eigenvalue weighted by Gasteiger charge is 2.19. The molecule has 0 radical (unpaired) electrons. The first-order valence-electron chi connectivity index (χ1n) is 7.96. The van der Waals surface area contributed by atoms with Gasteiger partial charge in [-0.15, -0.1) is 0 Å². The van der Waals surface area contributed by atoms with Gasteiger partial charge >= 0.3 is 5.97 Å². The van der Waals surface area contributed by atoms with Gasteiger partial charge in [0, 0.05) is 6.20 Å². The average Bonchev–Trinajstić information content (AvgIpc) is 2.63. The van der Waals surface area contributed by atoms with E-state index in [9.17, 15) is 9.59 Å². The fraction of sp³-hybridized carbons (Fsp3) is 0.278. The number of carbonyl (C=O) groups is 2. The highest BCUT2D eigenvalue weighted by Crippen LogP contribution is 2.26. The van der Waals surface area contributed by atoms with E-state index in [2.05, 4.69) is 10.3 Å². The Balaban J connectivity index is 1.83. The Morgan fingerprint density at radius 3 is 2.46 bits per heavy atom. The number of aromatic nitrogens is 1. The molecule has 0 bridgehead atoms. The fourth-order valence-corrected chi connectivity index (χ4v) is 2.05. The number of para-hydroxylation sites is 2. The van der Waals surface area contributed by atoms with Crippen molar-refractivity contribution in [2.24, 2.45) is 0 Å². The second-order valence-corrected chi connectivity index (χ2v) is 5.59. The molecule has 1 N–H and O–H groups in total. The zero-order valence-electron chi connectivity index (χ0n) is 14.4. The summed E-state index contributed by atoms with van der Waals surface area (Å²) in [5.41, 5.74) is 0. The summed E-state index contributed by atoms with van der Waals surface area (Å²) in [7, 11) is 0. The highest BCUT2D eigenvalue weighted by molar-refractivity contribution is 6.30. The van der Waals surface area contributed by atoms with E-state index in [1.807, 2.05) is 6.92 Å². The van der Waals surface area contributed by atoms with Crippen molar-refractivity contribution >= 4 is 29.3 Å². The number of hydrogen-bond acceptors (Lipinski definition) is 6. The SMILES string of the molecule is CCOc1ccccc1OCC(=O)O[C@@H](C)C(=O)Nc1ccc(Cl)cn1. The summed E-state index contributed by atoms with van der Waals surface area (Å²) in [6.45, 7) is 3.43. The minimum atomic E-state index is -1.01. The van der Waals surface area contributed by atoms with Crippen molar-refractivity contribution in [1.82, 2.24) is 4.98 Å². The molecule has 0 fully saturated rings. The Morgan fingerprint density at radius 1 is 1.15 bits per heavy atom. The van der Waals surface area contributed by atoms with Crippen LogP contribution in [0.3, 0.4) is 0 Å². The lowest BCUT2D eigenvalue weighted by molar-refractivity contribution is -0.155. The van der Waals surface area contributed by atoms with Gasteiger partial charge in [0.05, 0.1) is 11.6 Å². The van der Waals surface area contributed by atoms with Crippen LogP contribution in [0.4, 0.5) is 5.82 Å². The van der Waals surface area contributed by atoms with E-state index in [1.54, 1.807) is 36.4 Å². The zero-order valence-corrected chi connectivity index (χ0v) is 15.2. The second-order valence-electron chi connectivity index (χ2n) is 5.15. The van der Waals surface area contributed by atoms with Crippen LogP contribution in [0.15, 0.2) is 42.6 Å². The van der Waals surface area contributed by atoms with E-state index >= 15 is 0 Å². The topological polar surface area (TPSA) is 86.8 Å². The summed E-state index contributed by atoms with van der Waals surface area (Å²) >= 11 is 5.73. The molecule has 1 aromatic heterocycles. The number of rotatable bonds is 8. The quantitative estimate of drug-likeness (QED) is 0.710. The second kappa shape index (κ2) is 9.62. The van der Waals surface area contributed by atoms with Gasteiger partial charge in [-0.05, 0) is 38.1 Å². The summed E-state index contributed by atoms with van der Waals surface area (Å²) in [6.07, 6.45) is 0.392. The lowest BCUT2D eigenvalue weighted by atomic mass is 10.3. The van der Waals surface area contributed by atoms with E-state index < -0.39 is 18.0 Å². The van der Waals surface area contributed by atoms with Crippen molar-refractivity contribution in [1.29, 1.82) is 0 Å². The van der Waals surface area contributed by atoms with Crippen molar-refractivity contribution in [2.45, 2.75) is 20.0 Å². The van der Waals surface area contributed by atoms with Crippen molar-refractivity contribution in [2.75, 3.05) is 18.5 Å². The molecule has 138 valence electrons. The van der Waals surface area contributed by atoms with Gasteiger partial charge in [-0.1, -0.05) is 23.7 Å². The number of halogens is 1. The number of nitrogens with one attached hydrogen (secondary N) is 1. The maximum Gasteiger partial charge on any atom is 0.344 e. The molecule has 8 heteroatoms. The molecule has 0 aliphatic rings. The first kappa shape index (κ1) is 19.5. The average molecular weight is 379 g/mol. The van der Waals surface area contributed by atoms with Crippen molar-refractivity contribution in [3.05, 3.63) is 47.6 Å². The number of pyridine rings is 1.